The summed E-state index contributed by atoms with van der Waals surface area (Å²) in [5, 5.41) is 6.87. The third kappa shape index (κ3) is 10.9. The van der Waals surface area contributed by atoms with Crippen LogP contribution >= 0.6 is 24.0 Å². The molecule has 2 rings (SSSR count). The number of nitrogens with zero attached hydrogens (tertiary/aromatic N) is 3. The first-order chi connectivity index (χ1) is 14.5. The smallest absolute Gasteiger partial charge is 0.191 e. The van der Waals surface area contributed by atoms with Crippen LogP contribution in [0.1, 0.15) is 25.0 Å². The van der Waals surface area contributed by atoms with E-state index in [1.54, 1.807) is 7.11 Å². The van der Waals surface area contributed by atoms with E-state index in [2.05, 4.69) is 66.5 Å². The Kier molecular flexibility index (Phi) is 14.1. The number of aryl methyl sites for hydroxylation is 1. The van der Waals surface area contributed by atoms with Crippen LogP contribution in [-0.2, 0) is 11.3 Å². The molecule has 2 N–H and O–H groups in total. The van der Waals surface area contributed by atoms with Crippen LogP contribution in [0.15, 0.2) is 23.2 Å². The summed E-state index contributed by atoms with van der Waals surface area (Å²) in [4.78, 5) is 9.75. The van der Waals surface area contributed by atoms with Gasteiger partial charge in [-0.05, 0) is 38.4 Å². The molecule has 178 valence electrons. The SMILES string of the molecule is CCNC(=NCc1ccc(C)cc1OCCOC)NCC(C)CN1CCN(C)CC1.I. The molecule has 1 fully saturated rings. The fraction of sp³-hybridized carbons (Fsp3) is 0.696. The van der Waals surface area contributed by atoms with E-state index in [-0.39, 0.29) is 24.0 Å². The molecule has 1 heterocycles. The number of aliphatic imine (C=N–C) groups is 1. The van der Waals surface area contributed by atoms with Crippen LogP contribution in [-0.4, -0.2) is 88.9 Å². The lowest BCUT2D eigenvalue weighted by molar-refractivity contribution is 0.139. The second-order valence-electron chi connectivity index (χ2n) is 8.24. The van der Waals surface area contributed by atoms with Gasteiger partial charge < -0.3 is 29.9 Å². The minimum Gasteiger partial charge on any atom is -0.491 e. The van der Waals surface area contributed by atoms with Gasteiger partial charge in [0.2, 0.25) is 0 Å². The molecule has 0 amide bonds. The minimum atomic E-state index is 0. The van der Waals surface area contributed by atoms with Crippen molar-refractivity contribution < 1.29 is 9.47 Å². The average molecular weight is 548 g/mol. The van der Waals surface area contributed by atoms with Gasteiger partial charge in [0.25, 0.3) is 0 Å². The van der Waals surface area contributed by atoms with Crippen molar-refractivity contribution in [3.63, 3.8) is 0 Å². The van der Waals surface area contributed by atoms with Crippen molar-refractivity contribution in [2.24, 2.45) is 10.9 Å². The maximum absolute atomic E-state index is 5.90. The lowest BCUT2D eigenvalue weighted by atomic mass is 10.1. The largest absolute Gasteiger partial charge is 0.491 e. The Hall–Kier alpha value is -1.10. The molecule has 0 aliphatic carbocycles. The molecule has 1 saturated heterocycles. The Morgan fingerprint density at radius 2 is 1.90 bits per heavy atom. The second kappa shape index (κ2) is 15.7. The monoisotopic (exact) mass is 547 g/mol. The van der Waals surface area contributed by atoms with Crippen LogP contribution in [0.5, 0.6) is 5.75 Å². The maximum atomic E-state index is 5.90. The number of benzene rings is 1. The molecule has 0 radical (unpaired) electrons. The molecule has 1 unspecified atom stereocenters. The second-order valence-corrected chi connectivity index (χ2v) is 8.24. The van der Waals surface area contributed by atoms with Crippen molar-refractivity contribution >= 4 is 29.9 Å². The van der Waals surface area contributed by atoms with E-state index in [0.29, 0.717) is 25.7 Å². The summed E-state index contributed by atoms with van der Waals surface area (Å²) in [5.74, 6) is 2.30. The summed E-state index contributed by atoms with van der Waals surface area (Å²) in [6, 6.07) is 6.27. The molecule has 1 aliphatic heterocycles. The zero-order valence-electron chi connectivity index (χ0n) is 19.9. The first-order valence-corrected chi connectivity index (χ1v) is 11.2. The maximum Gasteiger partial charge on any atom is 0.191 e. The van der Waals surface area contributed by atoms with Crippen molar-refractivity contribution in [1.29, 1.82) is 0 Å². The molecule has 31 heavy (non-hydrogen) atoms. The number of likely N-dealkylation sites (N-methyl/N-ethyl adjacent to an activating group) is 1. The lowest BCUT2D eigenvalue weighted by Gasteiger charge is -2.34. The highest BCUT2D eigenvalue weighted by molar-refractivity contribution is 14.0. The summed E-state index contributed by atoms with van der Waals surface area (Å²) >= 11 is 0. The van der Waals surface area contributed by atoms with Crippen molar-refractivity contribution in [2.45, 2.75) is 27.3 Å². The van der Waals surface area contributed by atoms with Gasteiger partial charge >= 0.3 is 0 Å². The molecule has 0 aromatic heterocycles. The summed E-state index contributed by atoms with van der Waals surface area (Å²) < 4.78 is 11.0. The zero-order chi connectivity index (χ0) is 21.8. The number of ether oxygens (including phenoxy) is 2. The summed E-state index contributed by atoms with van der Waals surface area (Å²) in [5.41, 5.74) is 2.26. The molecule has 7 nitrogen and oxygen atoms in total. The number of methoxy groups -OCH3 is 1. The molecule has 0 saturated carbocycles. The van der Waals surface area contributed by atoms with Gasteiger partial charge in [0.1, 0.15) is 12.4 Å². The number of guanidine groups is 1. The standard InChI is InChI=1S/C23H41N5O2.HI/c1-6-24-23(25-16-20(3)18-28-11-9-27(4)10-12-28)26-17-21-8-7-19(2)15-22(21)30-14-13-29-5;/h7-8,15,20H,6,9-14,16-18H2,1-5H3,(H2,24,25,26);1H. The van der Waals surface area contributed by atoms with E-state index >= 15 is 0 Å². The third-order valence-corrected chi connectivity index (χ3v) is 5.30. The molecule has 8 heteroatoms. The topological polar surface area (TPSA) is 61.4 Å². The molecule has 1 atom stereocenters. The van der Waals surface area contributed by atoms with Gasteiger partial charge in [0.15, 0.2) is 5.96 Å². The number of rotatable bonds is 11. The van der Waals surface area contributed by atoms with E-state index < -0.39 is 0 Å². The normalized spacial score (nSPS) is 16.5. The molecule has 0 bridgehead atoms. The number of hydrogen-bond donors (Lipinski definition) is 2. The van der Waals surface area contributed by atoms with E-state index in [4.69, 9.17) is 14.5 Å². The number of piperazine rings is 1. The highest BCUT2D eigenvalue weighted by atomic mass is 127. The van der Waals surface area contributed by atoms with Crippen LogP contribution in [0.2, 0.25) is 0 Å². The molecule has 1 aromatic carbocycles. The van der Waals surface area contributed by atoms with Gasteiger partial charge in [0.05, 0.1) is 13.2 Å². The molecule has 1 aliphatic rings. The summed E-state index contributed by atoms with van der Waals surface area (Å²) in [7, 11) is 3.88. The molecular weight excluding hydrogens is 505 g/mol. The highest BCUT2D eigenvalue weighted by Gasteiger charge is 2.16. The van der Waals surface area contributed by atoms with Crippen LogP contribution in [0.4, 0.5) is 0 Å². The number of hydrogen-bond acceptors (Lipinski definition) is 5. The Balaban J connectivity index is 0.00000480. The van der Waals surface area contributed by atoms with Crippen LogP contribution in [0, 0.1) is 12.8 Å². The van der Waals surface area contributed by atoms with Crippen LogP contribution in [0.25, 0.3) is 0 Å². The Bertz CT molecular complexity index is 651. The minimum absolute atomic E-state index is 0. The lowest BCUT2D eigenvalue weighted by Crippen LogP contribution is -2.47. The van der Waals surface area contributed by atoms with Gasteiger partial charge in [0, 0.05) is 58.5 Å². The van der Waals surface area contributed by atoms with E-state index in [9.17, 15) is 0 Å². The van der Waals surface area contributed by atoms with Crippen molar-refractivity contribution in [2.75, 3.05) is 73.2 Å². The zero-order valence-corrected chi connectivity index (χ0v) is 22.3. The molecular formula is C23H42IN5O2. The summed E-state index contributed by atoms with van der Waals surface area (Å²) in [6.07, 6.45) is 0. The van der Waals surface area contributed by atoms with Crippen molar-refractivity contribution in [3.8, 4) is 5.75 Å². The quantitative estimate of drug-likeness (QED) is 0.192. The van der Waals surface area contributed by atoms with Gasteiger partial charge in [-0.3, -0.25) is 0 Å². The Morgan fingerprint density at radius 1 is 1.16 bits per heavy atom. The van der Waals surface area contributed by atoms with Gasteiger partial charge in [-0.25, -0.2) is 4.99 Å². The molecule has 0 spiro atoms. The van der Waals surface area contributed by atoms with E-state index in [1.165, 1.54) is 5.56 Å². The number of nitrogens with one attached hydrogen (secondary N) is 2. The average Bonchev–Trinajstić information content (AvgIpc) is 2.73. The van der Waals surface area contributed by atoms with Crippen LogP contribution in [0.3, 0.4) is 0 Å². The van der Waals surface area contributed by atoms with E-state index in [1.807, 2.05) is 0 Å². The predicted octanol–water partition coefficient (Wildman–Crippen LogP) is 2.58. The first-order valence-electron chi connectivity index (χ1n) is 11.2. The number of halogens is 1. The van der Waals surface area contributed by atoms with Gasteiger partial charge in [-0.15, -0.1) is 24.0 Å². The fourth-order valence-electron chi connectivity index (χ4n) is 3.47. The van der Waals surface area contributed by atoms with Gasteiger partial charge in [-0.2, -0.15) is 0 Å². The van der Waals surface area contributed by atoms with Crippen LogP contribution < -0.4 is 15.4 Å². The van der Waals surface area contributed by atoms with Gasteiger partial charge in [-0.1, -0.05) is 19.1 Å². The molecule has 1 aromatic rings. The predicted molar refractivity (Wildman–Crippen MR) is 140 cm³/mol. The Labute approximate surface area is 206 Å². The Morgan fingerprint density at radius 3 is 2.58 bits per heavy atom. The van der Waals surface area contributed by atoms with Crippen molar-refractivity contribution in [3.05, 3.63) is 29.3 Å². The third-order valence-electron chi connectivity index (χ3n) is 5.30. The first kappa shape index (κ1) is 27.9. The van der Waals surface area contributed by atoms with E-state index in [0.717, 1.165) is 63.1 Å². The highest BCUT2D eigenvalue weighted by Crippen LogP contribution is 2.21. The van der Waals surface area contributed by atoms with Crippen molar-refractivity contribution in [1.82, 2.24) is 20.4 Å². The fourth-order valence-corrected chi connectivity index (χ4v) is 3.47. The summed E-state index contributed by atoms with van der Waals surface area (Å²) in [6.45, 7) is 15.7.